The van der Waals surface area contributed by atoms with Crippen molar-refractivity contribution in [1.29, 1.82) is 5.26 Å². The monoisotopic (exact) mass is 280 g/mol. The second-order valence-corrected chi connectivity index (χ2v) is 4.91. The molecule has 0 saturated carbocycles. The number of imidazole rings is 1. The fourth-order valence-electron chi connectivity index (χ4n) is 1.95. The van der Waals surface area contributed by atoms with Crippen LogP contribution in [0.3, 0.4) is 0 Å². The number of benzene rings is 1. The highest BCUT2D eigenvalue weighted by atomic mass is 16.1. The molecule has 0 aliphatic heterocycles. The number of amides is 1. The van der Waals surface area contributed by atoms with E-state index in [1.165, 1.54) is 6.08 Å². The summed E-state index contributed by atoms with van der Waals surface area (Å²) in [5.41, 5.74) is 3.37. The zero-order chi connectivity index (χ0) is 15.4. The highest BCUT2D eigenvalue weighted by Gasteiger charge is 2.11. The van der Waals surface area contributed by atoms with E-state index in [-0.39, 0.29) is 5.57 Å². The third-order valence-corrected chi connectivity index (χ3v) is 3.01. The summed E-state index contributed by atoms with van der Waals surface area (Å²) >= 11 is 0. The Bertz CT molecular complexity index is 750. The first kappa shape index (κ1) is 14.5. The number of carbonyl (C=O) groups excluding carboxylic acids is 1. The van der Waals surface area contributed by atoms with Crippen LogP contribution in [0.2, 0.25) is 0 Å². The predicted octanol–water partition coefficient (Wildman–Crippen LogP) is 2.58. The van der Waals surface area contributed by atoms with Crippen LogP contribution in [-0.2, 0) is 11.8 Å². The second kappa shape index (κ2) is 6.06. The minimum atomic E-state index is -0.435. The van der Waals surface area contributed by atoms with Crippen LogP contribution in [0, 0.1) is 25.2 Å². The number of carbonyl (C=O) groups is 1. The van der Waals surface area contributed by atoms with Crippen molar-refractivity contribution in [1.82, 2.24) is 9.55 Å². The largest absolute Gasteiger partial charge is 0.340 e. The topological polar surface area (TPSA) is 70.7 Å². The maximum absolute atomic E-state index is 12.2. The Morgan fingerprint density at radius 2 is 2.19 bits per heavy atom. The summed E-state index contributed by atoms with van der Waals surface area (Å²) in [6.07, 6.45) is 4.82. The van der Waals surface area contributed by atoms with Crippen LogP contribution in [0.25, 0.3) is 6.08 Å². The van der Waals surface area contributed by atoms with Gasteiger partial charge in [-0.15, -0.1) is 0 Å². The highest BCUT2D eigenvalue weighted by molar-refractivity contribution is 6.09. The van der Waals surface area contributed by atoms with Gasteiger partial charge in [0.1, 0.15) is 11.6 Å². The molecule has 2 rings (SSSR count). The Morgan fingerprint density at radius 3 is 2.76 bits per heavy atom. The van der Waals surface area contributed by atoms with Gasteiger partial charge in [0, 0.05) is 18.9 Å². The van der Waals surface area contributed by atoms with Crippen molar-refractivity contribution in [2.24, 2.45) is 7.05 Å². The number of aromatic nitrogens is 2. The van der Waals surface area contributed by atoms with E-state index >= 15 is 0 Å². The van der Waals surface area contributed by atoms with Gasteiger partial charge >= 0.3 is 0 Å². The normalized spacial score (nSPS) is 11.0. The van der Waals surface area contributed by atoms with Gasteiger partial charge in [-0.1, -0.05) is 17.7 Å². The number of hydrogen-bond acceptors (Lipinski definition) is 3. The van der Waals surface area contributed by atoms with Crippen LogP contribution in [0.4, 0.5) is 5.69 Å². The number of aryl methyl sites for hydroxylation is 3. The lowest BCUT2D eigenvalue weighted by Gasteiger charge is -2.08. The molecule has 1 amide bonds. The van der Waals surface area contributed by atoms with Crippen LogP contribution in [-0.4, -0.2) is 15.5 Å². The van der Waals surface area contributed by atoms with Gasteiger partial charge < -0.3 is 9.88 Å². The molecule has 1 heterocycles. The fraction of sp³-hybridized carbons (Fsp3) is 0.188. The third kappa shape index (κ3) is 3.57. The molecule has 2 aromatic rings. The van der Waals surface area contributed by atoms with Crippen molar-refractivity contribution in [3.63, 3.8) is 0 Å². The summed E-state index contributed by atoms with van der Waals surface area (Å²) < 4.78 is 1.75. The fourth-order valence-corrected chi connectivity index (χ4v) is 1.95. The van der Waals surface area contributed by atoms with Crippen LogP contribution in [0.15, 0.2) is 36.3 Å². The molecule has 0 spiro atoms. The molecule has 0 aliphatic carbocycles. The molecule has 106 valence electrons. The Morgan fingerprint density at radius 1 is 1.43 bits per heavy atom. The number of hydrogen-bond donors (Lipinski definition) is 1. The minimum Gasteiger partial charge on any atom is -0.340 e. The van der Waals surface area contributed by atoms with Crippen molar-refractivity contribution in [2.45, 2.75) is 13.8 Å². The van der Waals surface area contributed by atoms with Gasteiger partial charge in [0.15, 0.2) is 0 Å². The first-order valence-corrected chi connectivity index (χ1v) is 6.48. The summed E-state index contributed by atoms with van der Waals surface area (Å²) in [4.78, 5) is 16.2. The van der Waals surface area contributed by atoms with E-state index in [0.717, 1.165) is 11.1 Å². The molecule has 0 bridgehead atoms. The molecule has 1 aromatic carbocycles. The highest BCUT2D eigenvalue weighted by Crippen LogP contribution is 2.17. The van der Waals surface area contributed by atoms with Crippen LogP contribution < -0.4 is 5.32 Å². The summed E-state index contributed by atoms with van der Waals surface area (Å²) in [6, 6.07) is 7.63. The molecule has 5 nitrogen and oxygen atoms in total. The zero-order valence-electron chi connectivity index (χ0n) is 12.2. The molecule has 21 heavy (non-hydrogen) atoms. The second-order valence-electron chi connectivity index (χ2n) is 4.91. The van der Waals surface area contributed by atoms with E-state index in [2.05, 4.69) is 10.3 Å². The van der Waals surface area contributed by atoms with Gasteiger partial charge in [-0.05, 0) is 31.6 Å². The van der Waals surface area contributed by atoms with Gasteiger partial charge in [0.05, 0.1) is 12.0 Å². The van der Waals surface area contributed by atoms with Gasteiger partial charge in [-0.25, -0.2) is 4.98 Å². The molecule has 0 radical (unpaired) electrons. The summed E-state index contributed by atoms with van der Waals surface area (Å²) in [5.74, 6) is -0.435. The van der Waals surface area contributed by atoms with Crippen molar-refractivity contribution in [3.8, 4) is 6.07 Å². The van der Waals surface area contributed by atoms with E-state index in [9.17, 15) is 4.79 Å². The summed E-state index contributed by atoms with van der Waals surface area (Å²) in [5, 5.41) is 11.9. The van der Waals surface area contributed by atoms with Crippen molar-refractivity contribution in [3.05, 3.63) is 53.1 Å². The lowest BCUT2D eigenvalue weighted by molar-refractivity contribution is -0.112. The molecule has 0 aliphatic rings. The SMILES string of the molecule is Cc1ccc(NC(=O)C(C#N)=Cc2cn(C)cn2)c(C)c1. The minimum absolute atomic E-state index is 0.0219. The summed E-state index contributed by atoms with van der Waals surface area (Å²) in [7, 11) is 1.83. The van der Waals surface area contributed by atoms with Crippen LogP contribution in [0.1, 0.15) is 16.8 Å². The molecule has 0 atom stereocenters. The average Bonchev–Trinajstić information content (AvgIpc) is 2.84. The molecular formula is C16H16N4O. The van der Waals surface area contributed by atoms with Crippen molar-refractivity contribution >= 4 is 17.7 Å². The summed E-state index contributed by atoms with van der Waals surface area (Å²) in [6.45, 7) is 3.90. The molecule has 1 aromatic heterocycles. The van der Waals surface area contributed by atoms with Crippen molar-refractivity contribution < 1.29 is 4.79 Å². The third-order valence-electron chi connectivity index (χ3n) is 3.01. The number of anilines is 1. The van der Waals surface area contributed by atoms with Gasteiger partial charge in [-0.3, -0.25) is 4.79 Å². The number of nitrogens with zero attached hydrogens (tertiary/aromatic N) is 3. The van der Waals surface area contributed by atoms with E-state index in [4.69, 9.17) is 5.26 Å². The molecule has 0 saturated heterocycles. The molecule has 5 heteroatoms. The quantitative estimate of drug-likeness (QED) is 0.694. The predicted molar refractivity (Wildman–Crippen MR) is 81.3 cm³/mol. The molecule has 0 unspecified atom stereocenters. The molecule has 1 N–H and O–H groups in total. The first-order valence-electron chi connectivity index (χ1n) is 6.48. The Kier molecular flexibility index (Phi) is 4.19. The average molecular weight is 280 g/mol. The van der Waals surface area contributed by atoms with E-state index < -0.39 is 5.91 Å². The van der Waals surface area contributed by atoms with Gasteiger partial charge in [-0.2, -0.15) is 5.26 Å². The van der Waals surface area contributed by atoms with E-state index in [0.29, 0.717) is 11.4 Å². The Labute approximate surface area is 123 Å². The first-order chi connectivity index (χ1) is 9.99. The van der Waals surface area contributed by atoms with Crippen LogP contribution in [0.5, 0.6) is 0 Å². The van der Waals surface area contributed by atoms with E-state index in [1.807, 2.05) is 45.2 Å². The van der Waals surface area contributed by atoms with Gasteiger partial charge in [0.2, 0.25) is 0 Å². The molecule has 0 fully saturated rings. The van der Waals surface area contributed by atoms with Crippen molar-refractivity contribution in [2.75, 3.05) is 5.32 Å². The Balaban J connectivity index is 2.21. The number of nitrogens with one attached hydrogen (secondary N) is 1. The van der Waals surface area contributed by atoms with Crippen LogP contribution >= 0.6 is 0 Å². The smallest absolute Gasteiger partial charge is 0.266 e. The lowest BCUT2D eigenvalue weighted by atomic mass is 10.1. The van der Waals surface area contributed by atoms with Gasteiger partial charge in [0.25, 0.3) is 5.91 Å². The standard InChI is InChI=1S/C16H16N4O/c1-11-4-5-15(12(2)6-11)19-16(21)13(8-17)7-14-9-20(3)10-18-14/h4-7,9-10H,1-3H3,(H,19,21). The number of nitriles is 1. The zero-order valence-corrected chi connectivity index (χ0v) is 12.2. The maximum Gasteiger partial charge on any atom is 0.266 e. The Hall–Kier alpha value is -2.87. The lowest BCUT2D eigenvalue weighted by Crippen LogP contribution is -2.14. The number of rotatable bonds is 3. The van der Waals surface area contributed by atoms with E-state index in [1.54, 1.807) is 17.1 Å². The maximum atomic E-state index is 12.2. The molecular weight excluding hydrogens is 264 g/mol.